The number of aromatic nitrogens is 4. The first kappa shape index (κ1) is 22.3. The van der Waals surface area contributed by atoms with E-state index in [-0.39, 0.29) is 11.7 Å². The van der Waals surface area contributed by atoms with Crippen molar-refractivity contribution in [1.29, 1.82) is 0 Å². The molecule has 0 unspecified atom stereocenters. The highest BCUT2D eigenvalue weighted by Gasteiger charge is 2.36. The lowest BCUT2D eigenvalue weighted by atomic mass is 9.92. The molecule has 0 radical (unpaired) electrons. The Morgan fingerprint density at radius 3 is 2.66 bits per heavy atom. The Kier molecular flexibility index (Phi) is 6.50. The van der Waals surface area contributed by atoms with Crippen LogP contribution in [0.4, 0.5) is 13.2 Å². The highest BCUT2D eigenvalue weighted by atomic mass is 19.4. The van der Waals surface area contributed by atoms with Gasteiger partial charge in [0.05, 0.1) is 13.7 Å². The quantitative estimate of drug-likeness (QED) is 0.535. The van der Waals surface area contributed by atoms with Gasteiger partial charge in [0.2, 0.25) is 0 Å². The minimum atomic E-state index is -4.52. The topological polar surface area (TPSA) is 64.8 Å². The molecule has 0 atom stereocenters. The molecule has 1 aliphatic rings. The SMILES string of the molecule is CCCOc1c(CN2CCC(c3cc(C(F)(F)F)n4ncnc4n3)CC2)cccc1OC. The Labute approximate surface area is 184 Å². The average Bonchev–Trinajstić information content (AvgIpc) is 3.26. The van der Waals surface area contributed by atoms with Gasteiger partial charge < -0.3 is 9.47 Å². The fraction of sp³-hybridized carbons (Fsp3) is 0.500. The molecule has 0 bridgehead atoms. The van der Waals surface area contributed by atoms with Crippen LogP contribution in [0.15, 0.2) is 30.6 Å². The monoisotopic (exact) mass is 449 g/mol. The third-order valence-corrected chi connectivity index (χ3v) is 5.69. The van der Waals surface area contributed by atoms with Gasteiger partial charge in [-0.1, -0.05) is 19.1 Å². The van der Waals surface area contributed by atoms with Crippen LogP contribution in [-0.2, 0) is 12.7 Å². The summed E-state index contributed by atoms with van der Waals surface area (Å²) in [5, 5.41) is 3.67. The van der Waals surface area contributed by atoms with Crippen molar-refractivity contribution in [1.82, 2.24) is 24.5 Å². The molecule has 4 rings (SSSR count). The molecule has 0 amide bonds. The average molecular weight is 449 g/mol. The van der Waals surface area contributed by atoms with Gasteiger partial charge in [0, 0.05) is 23.7 Å². The Bertz CT molecular complexity index is 1060. The van der Waals surface area contributed by atoms with E-state index in [9.17, 15) is 13.2 Å². The first-order valence-corrected chi connectivity index (χ1v) is 10.7. The summed E-state index contributed by atoms with van der Waals surface area (Å²) in [5.74, 6) is 1.38. The Morgan fingerprint density at radius 1 is 1.19 bits per heavy atom. The van der Waals surface area contributed by atoms with Gasteiger partial charge in [-0.2, -0.15) is 27.8 Å². The molecule has 3 heterocycles. The third-order valence-electron chi connectivity index (χ3n) is 5.69. The number of likely N-dealkylation sites (tertiary alicyclic amines) is 1. The van der Waals surface area contributed by atoms with E-state index in [2.05, 4.69) is 26.9 Å². The van der Waals surface area contributed by atoms with Crippen molar-refractivity contribution < 1.29 is 22.6 Å². The Morgan fingerprint density at radius 2 is 1.97 bits per heavy atom. The summed E-state index contributed by atoms with van der Waals surface area (Å²) in [5.41, 5.74) is 0.621. The molecule has 172 valence electrons. The summed E-state index contributed by atoms with van der Waals surface area (Å²) in [4.78, 5) is 10.5. The van der Waals surface area contributed by atoms with Crippen LogP contribution < -0.4 is 9.47 Å². The molecule has 1 aliphatic heterocycles. The van der Waals surface area contributed by atoms with Crippen molar-refractivity contribution >= 4 is 5.78 Å². The first-order chi connectivity index (χ1) is 15.4. The zero-order valence-corrected chi connectivity index (χ0v) is 18.1. The zero-order chi connectivity index (χ0) is 22.7. The molecule has 0 N–H and O–H groups in total. The van der Waals surface area contributed by atoms with Crippen molar-refractivity contribution in [3.05, 3.63) is 47.5 Å². The lowest BCUT2D eigenvalue weighted by Crippen LogP contribution is -2.33. The van der Waals surface area contributed by atoms with Gasteiger partial charge in [-0.3, -0.25) is 4.90 Å². The van der Waals surface area contributed by atoms with E-state index in [4.69, 9.17) is 9.47 Å². The second kappa shape index (κ2) is 9.32. The number of hydrogen-bond acceptors (Lipinski definition) is 6. The number of benzene rings is 1. The molecular weight excluding hydrogens is 423 g/mol. The number of piperidine rings is 1. The van der Waals surface area contributed by atoms with Crippen LogP contribution in [0.5, 0.6) is 11.5 Å². The van der Waals surface area contributed by atoms with Crippen molar-refractivity contribution in [2.75, 3.05) is 26.8 Å². The van der Waals surface area contributed by atoms with Gasteiger partial charge in [0.15, 0.2) is 17.2 Å². The summed E-state index contributed by atoms with van der Waals surface area (Å²) in [6, 6.07) is 6.96. The van der Waals surface area contributed by atoms with Crippen molar-refractivity contribution in [3.63, 3.8) is 0 Å². The predicted octanol–water partition coefficient (Wildman–Crippen LogP) is 4.32. The van der Waals surface area contributed by atoms with Gasteiger partial charge >= 0.3 is 6.18 Å². The number of alkyl halides is 3. The molecule has 32 heavy (non-hydrogen) atoms. The van der Waals surface area contributed by atoms with E-state index >= 15 is 0 Å². The summed E-state index contributed by atoms with van der Waals surface area (Å²) in [6.07, 6.45) is -1.11. The number of methoxy groups -OCH3 is 1. The number of rotatable bonds is 7. The molecule has 1 fully saturated rings. The molecule has 0 aliphatic carbocycles. The van der Waals surface area contributed by atoms with Crippen molar-refractivity contribution in [3.8, 4) is 11.5 Å². The molecule has 0 saturated carbocycles. The van der Waals surface area contributed by atoms with E-state index in [1.807, 2.05) is 18.2 Å². The van der Waals surface area contributed by atoms with Crippen LogP contribution in [0, 0.1) is 0 Å². The number of fused-ring (bicyclic) bond motifs is 1. The van der Waals surface area contributed by atoms with E-state index in [0.717, 1.165) is 47.7 Å². The van der Waals surface area contributed by atoms with Crippen LogP contribution in [0.3, 0.4) is 0 Å². The van der Waals surface area contributed by atoms with Crippen molar-refractivity contribution in [2.45, 2.75) is 44.8 Å². The molecular formula is C22H26F3N5O2. The molecule has 7 nitrogen and oxygen atoms in total. The fourth-order valence-corrected chi connectivity index (χ4v) is 4.08. The van der Waals surface area contributed by atoms with E-state index in [1.54, 1.807) is 7.11 Å². The summed E-state index contributed by atoms with van der Waals surface area (Å²) < 4.78 is 52.6. The van der Waals surface area contributed by atoms with Crippen LogP contribution in [0.25, 0.3) is 5.78 Å². The van der Waals surface area contributed by atoms with Crippen LogP contribution in [0.2, 0.25) is 0 Å². The molecule has 10 heteroatoms. The number of ether oxygens (including phenoxy) is 2. The second-order valence-corrected chi connectivity index (χ2v) is 7.88. The maximum absolute atomic E-state index is 13.5. The first-order valence-electron chi connectivity index (χ1n) is 10.7. The zero-order valence-electron chi connectivity index (χ0n) is 18.1. The summed E-state index contributed by atoms with van der Waals surface area (Å²) in [7, 11) is 1.62. The van der Waals surface area contributed by atoms with Gasteiger partial charge in [-0.15, -0.1) is 0 Å². The third kappa shape index (κ3) is 4.64. The predicted molar refractivity (Wildman–Crippen MR) is 112 cm³/mol. The van der Waals surface area contributed by atoms with Gasteiger partial charge in [-0.25, -0.2) is 4.98 Å². The standard InChI is InChI=1S/C22H26F3N5O2/c1-3-11-32-20-16(5-4-6-18(20)31-2)13-29-9-7-15(8-10-29)17-12-19(22(23,24)25)30-21(28-17)26-14-27-30/h4-6,12,14-15H,3,7-11,13H2,1-2H3. The van der Waals surface area contributed by atoms with Crippen molar-refractivity contribution in [2.24, 2.45) is 0 Å². The van der Waals surface area contributed by atoms with Crippen LogP contribution in [-0.4, -0.2) is 51.3 Å². The van der Waals surface area contributed by atoms with Gasteiger partial charge in [0.25, 0.3) is 5.78 Å². The molecule has 0 spiro atoms. The highest BCUT2D eigenvalue weighted by molar-refractivity contribution is 5.46. The second-order valence-electron chi connectivity index (χ2n) is 7.88. The number of hydrogen-bond donors (Lipinski definition) is 0. The smallest absolute Gasteiger partial charge is 0.433 e. The van der Waals surface area contributed by atoms with Gasteiger partial charge in [-0.05, 0) is 44.5 Å². The highest BCUT2D eigenvalue weighted by Crippen LogP contribution is 2.35. The lowest BCUT2D eigenvalue weighted by Gasteiger charge is -2.32. The molecule has 3 aromatic rings. The summed E-state index contributed by atoms with van der Waals surface area (Å²) >= 11 is 0. The van der Waals surface area contributed by atoms with Gasteiger partial charge in [0.1, 0.15) is 6.33 Å². The maximum Gasteiger partial charge on any atom is 0.433 e. The van der Waals surface area contributed by atoms with E-state index in [1.165, 1.54) is 0 Å². The lowest BCUT2D eigenvalue weighted by molar-refractivity contribution is -0.142. The normalized spacial score (nSPS) is 15.9. The fourth-order valence-electron chi connectivity index (χ4n) is 4.08. The number of halogens is 3. The van der Waals surface area contributed by atoms with E-state index < -0.39 is 11.9 Å². The molecule has 1 aromatic carbocycles. The minimum Gasteiger partial charge on any atom is -0.493 e. The Hall–Kier alpha value is -2.88. The number of nitrogens with zero attached hydrogens (tertiary/aromatic N) is 5. The van der Waals surface area contributed by atoms with Crippen LogP contribution in [0.1, 0.15) is 49.1 Å². The van der Waals surface area contributed by atoms with Crippen LogP contribution >= 0.6 is 0 Å². The molecule has 1 saturated heterocycles. The number of para-hydroxylation sites is 1. The summed E-state index contributed by atoms with van der Waals surface area (Å²) in [6.45, 7) is 4.84. The van der Waals surface area contributed by atoms with E-state index in [0.29, 0.717) is 37.4 Å². The minimum absolute atomic E-state index is 0.0219. The molecule has 2 aromatic heterocycles. The maximum atomic E-state index is 13.5. The largest absolute Gasteiger partial charge is 0.493 e. The Balaban J connectivity index is 1.48.